The molecule has 1 N–H and O–H groups in total. The van der Waals surface area contributed by atoms with Gasteiger partial charge < -0.3 is 19.8 Å². The first kappa shape index (κ1) is 18.3. The zero-order valence-electron chi connectivity index (χ0n) is 15.2. The third-order valence-corrected chi connectivity index (χ3v) is 5.60. The summed E-state index contributed by atoms with van der Waals surface area (Å²) < 4.78 is 0. The minimum absolute atomic E-state index is 0.171. The molecule has 2 atom stereocenters. The Morgan fingerprint density at radius 2 is 2.00 bits per heavy atom. The van der Waals surface area contributed by atoms with Crippen LogP contribution in [-0.2, 0) is 11.2 Å². The van der Waals surface area contributed by atoms with Gasteiger partial charge in [-0.1, -0.05) is 6.07 Å². The zero-order chi connectivity index (χ0) is 17.6. The smallest absolute Gasteiger partial charge is 0.222 e. The summed E-state index contributed by atoms with van der Waals surface area (Å²) >= 11 is 0. The molecule has 0 radical (unpaired) electrons. The second-order valence-corrected chi connectivity index (χ2v) is 7.47. The van der Waals surface area contributed by atoms with Gasteiger partial charge in [-0.2, -0.15) is 0 Å². The lowest BCUT2D eigenvalue weighted by Crippen LogP contribution is -2.47. The van der Waals surface area contributed by atoms with E-state index < -0.39 is 0 Å². The molecule has 0 bridgehead atoms. The molecule has 2 aliphatic heterocycles. The molecule has 3 heterocycles. The molecule has 2 fully saturated rings. The standard InChI is InChI=1S/C19H30N4O2/c1-21-7-9-22(10-8-21)12-17-13-23(14-18(17)15-24)19(25)5-4-16-3-2-6-20-11-16/h2-3,6,11,17-18,24H,4-5,7-10,12-15H2,1H3/t17-,18-/m1/s1. The molecule has 6 nitrogen and oxygen atoms in total. The van der Waals surface area contributed by atoms with Gasteiger partial charge in [0.1, 0.15) is 0 Å². The highest BCUT2D eigenvalue weighted by Crippen LogP contribution is 2.25. The van der Waals surface area contributed by atoms with Crippen LogP contribution in [0.5, 0.6) is 0 Å². The van der Waals surface area contributed by atoms with Crippen LogP contribution < -0.4 is 0 Å². The molecule has 2 saturated heterocycles. The van der Waals surface area contributed by atoms with Gasteiger partial charge in [-0.25, -0.2) is 0 Å². The molecular formula is C19H30N4O2. The molecule has 0 unspecified atom stereocenters. The van der Waals surface area contributed by atoms with Gasteiger partial charge in [0.25, 0.3) is 0 Å². The quantitative estimate of drug-likeness (QED) is 0.804. The van der Waals surface area contributed by atoms with Crippen LogP contribution in [0.25, 0.3) is 0 Å². The van der Waals surface area contributed by atoms with E-state index in [4.69, 9.17) is 0 Å². The van der Waals surface area contributed by atoms with Crippen LogP contribution in [0, 0.1) is 11.8 Å². The number of hydrogen-bond acceptors (Lipinski definition) is 5. The largest absolute Gasteiger partial charge is 0.396 e. The predicted octanol–water partition coefficient (Wildman–Crippen LogP) is 0.329. The summed E-state index contributed by atoms with van der Waals surface area (Å²) in [5.74, 6) is 0.793. The van der Waals surface area contributed by atoms with E-state index in [9.17, 15) is 9.90 Å². The summed E-state index contributed by atoms with van der Waals surface area (Å²) in [5, 5.41) is 9.74. The molecule has 0 spiro atoms. The molecule has 0 aromatic carbocycles. The number of amides is 1. The Morgan fingerprint density at radius 1 is 1.24 bits per heavy atom. The normalized spacial score (nSPS) is 25.4. The maximum Gasteiger partial charge on any atom is 0.222 e. The summed E-state index contributed by atoms with van der Waals surface area (Å²) in [4.78, 5) is 23.5. The lowest BCUT2D eigenvalue weighted by atomic mass is 9.96. The number of carbonyl (C=O) groups excluding carboxylic acids is 1. The van der Waals surface area contributed by atoms with Gasteiger partial charge in [0.15, 0.2) is 0 Å². The van der Waals surface area contributed by atoms with E-state index in [0.717, 1.165) is 51.3 Å². The number of hydrogen-bond donors (Lipinski definition) is 1. The van der Waals surface area contributed by atoms with Crippen LogP contribution in [-0.4, -0.2) is 90.2 Å². The summed E-state index contributed by atoms with van der Waals surface area (Å²) in [5.41, 5.74) is 1.10. The lowest BCUT2D eigenvalue weighted by molar-refractivity contribution is -0.130. The summed E-state index contributed by atoms with van der Waals surface area (Å²) in [7, 11) is 2.16. The van der Waals surface area contributed by atoms with Crippen LogP contribution in [0.2, 0.25) is 0 Å². The van der Waals surface area contributed by atoms with Crippen molar-refractivity contribution in [2.75, 3.05) is 59.5 Å². The van der Waals surface area contributed by atoms with Crippen molar-refractivity contribution in [2.24, 2.45) is 11.8 Å². The van der Waals surface area contributed by atoms with Crippen molar-refractivity contribution in [2.45, 2.75) is 12.8 Å². The van der Waals surface area contributed by atoms with Gasteiger partial charge in [0.05, 0.1) is 0 Å². The average Bonchev–Trinajstić information content (AvgIpc) is 3.05. The van der Waals surface area contributed by atoms with E-state index in [1.54, 1.807) is 6.20 Å². The number of piperazine rings is 1. The second-order valence-electron chi connectivity index (χ2n) is 7.47. The third-order valence-electron chi connectivity index (χ3n) is 5.60. The summed E-state index contributed by atoms with van der Waals surface area (Å²) in [6, 6.07) is 3.92. The van der Waals surface area contributed by atoms with Crippen molar-refractivity contribution in [1.29, 1.82) is 0 Å². The van der Waals surface area contributed by atoms with Gasteiger partial charge >= 0.3 is 0 Å². The molecule has 0 saturated carbocycles. The number of likely N-dealkylation sites (N-methyl/N-ethyl adjacent to an activating group) is 1. The Morgan fingerprint density at radius 3 is 2.68 bits per heavy atom. The zero-order valence-corrected chi connectivity index (χ0v) is 15.2. The Bertz CT molecular complexity index is 546. The molecule has 2 aliphatic rings. The minimum Gasteiger partial charge on any atom is -0.396 e. The van der Waals surface area contributed by atoms with E-state index >= 15 is 0 Å². The van der Waals surface area contributed by atoms with Gasteiger partial charge in [-0.3, -0.25) is 9.78 Å². The van der Waals surface area contributed by atoms with Crippen molar-refractivity contribution in [3.05, 3.63) is 30.1 Å². The third kappa shape index (κ3) is 5.00. The van der Waals surface area contributed by atoms with Crippen LogP contribution >= 0.6 is 0 Å². The molecule has 25 heavy (non-hydrogen) atoms. The number of nitrogens with zero attached hydrogens (tertiary/aromatic N) is 4. The number of likely N-dealkylation sites (tertiary alicyclic amines) is 1. The topological polar surface area (TPSA) is 59.9 Å². The maximum absolute atomic E-state index is 12.6. The van der Waals surface area contributed by atoms with Crippen molar-refractivity contribution in [3.8, 4) is 0 Å². The Labute approximate surface area is 150 Å². The number of aromatic nitrogens is 1. The van der Waals surface area contributed by atoms with E-state index in [2.05, 4.69) is 21.8 Å². The number of pyridine rings is 1. The van der Waals surface area contributed by atoms with Gasteiger partial charge in [0.2, 0.25) is 5.91 Å². The highest BCUT2D eigenvalue weighted by atomic mass is 16.3. The Balaban J connectivity index is 1.49. The van der Waals surface area contributed by atoms with Crippen LogP contribution in [0.1, 0.15) is 12.0 Å². The first-order valence-corrected chi connectivity index (χ1v) is 9.34. The molecule has 138 valence electrons. The van der Waals surface area contributed by atoms with Crippen LogP contribution in [0.15, 0.2) is 24.5 Å². The molecule has 1 aromatic heterocycles. The van der Waals surface area contributed by atoms with E-state index in [-0.39, 0.29) is 18.4 Å². The number of aryl methyl sites for hydroxylation is 1. The first-order valence-electron chi connectivity index (χ1n) is 9.34. The number of aliphatic hydroxyl groups excluding tert-OH is 1. The number of rotatable bonds is 6. The highest BCUT2D eigenvalue weighted by Gasteiger charge is 2.35. The van der Waals surface area contributed by atoms with Gasteiger partial charge in [-0.15, -0.1) is 0 Å². The monoisotopic (exact) mass is 346 g/mol. The summed E-state index contributed by atoms with van der Waals surface area (Å²) in [6.45, 7) is 7.01. The molecule has 0 aliphatic carbocycles. The van der Waals surface area contributed by atoms with E-state index in [1.165, 1.54) is 0 Å². The van der Waals surface area contributed by atoms with Crippen LogP contribution in [0.3, 0.4) is 0 Å². The van der Waals surface area contributed by atoms with Crippen molar-refractivity contribution in [3.63, 3.8) is 0 Å². The summed E-state index contributed by atoms with van der Waals surface area (Å²) in [6.07, 6.45) is 4.83. The van der Waals surface area contributed by atoms with E-state index in [0.29, 0.717) is 18.9 Å². The molecule has 3 rings (SSSR count). The molecule has 6 heteroatoms. The molecular weight excluding hydrogens is 316 g/mol. The second kappa shape index (κ2) is 8.74. The fraction of sp³-hybridized carbons (Fsp3) is 0.684. The average molecular weight is 346 g/mol. The van der Waals surface area contributed by atoms with Gasteiger partial charge in [0, 0.05) is 77.2 Å². The van der Waals surface area contributed by atoms with Crippen molar-refractivity contribution in [1.82, 2.24) is 19.7 Å². The maximum atomic E-state index is 12.6. The number of carbonyl (C=O) groups is 1. The van der Waals surface area contributed by atoms with E-state index in [1.807, 2.05) is 23.2 Å². The SMILES string of the molecule is CN1CCN(C[C@@H]2CN(C(=O)CCc3cccnc3)C[C@@H]2CO)CC1. The predicted molar refractivity (Wildman–Crippen MR) is 97.1 cm³/mol. The fourth-order valence-corrected chi connectivity index (χ4v) is 3.87. The molecule has 1 amide bonds. The number of aliphatic hydroxyl groups is 1. The van der Waals surface area contributed by atoms with Gasteiger partial charge in [-0.05, 0) is 31.0 Å². The molecule has 1 aromatic rings. The van der Waals surface area contributed by atoms with Crippen LogP contribution in [0.4, 0.5) is 0 Å². The fourth-order valence-electron chi connectivity index (χ4n) is 3.87. The Kier molecular flexibility index (Phi) is 6.39. The Hall–Kier alpha value is -1.50. The van der Waals surface area contributed by atoms with Crippen molar-refractivity contribution >= 4 is 5.91 Å². The lowest BCUT2D eigenvalue weighted by Gasteiger charge is -2.34. The van der Waals surface area contributed by atoms with Crippen molar-refractivity contribution < 1.29 is 9.90 Å². The highest BCUT2D eigenvalue weighted by molar-refractivity contribution is 5.76. The first-order chi connectivity index (χ1) is 12.2. The minimum atomic E-state index is 0.171.